The van der Waals surface area contributed by atoms with E-state index >= 15 is 0 Å². The minimum Gasteiger partial charge on any atom is -0.365 e. The van der Waals surface area contributed by atoms with Gasteiger partial charge in [-0.1, -0.05) is 0 Å². The van der Waals surface area contributed by atoms with Gasteiger partial charge in [0.15, 0.2) is 6.29 Å². The SMILES string of the molecule is CN(CCN1CCCC1)c1ccc(C=O)s1. The van der Waals surface area contributed by atoms with Gasteiger partial charge in [0.1, 0.15) is 0 Å². The zero-order chi connectivity index (χ0) is 11.4. The molecule has 1 aromatic rings. The minimum atomic E-state index is 0.808. The molecule has 0 radical (unpaired) electrons. The second-order valence-electron chi connectivity index (χ2n) is 4.26. The zero-order valence-corrected chi connectivity index (χ0v) is 10.5. The van der Waals surface area contributed by atoms with Crippen LogP contribution in [-0.4, -0.2) is 44.4 Å². The highest BCUT2D eigenvalue weighted by molar-refractivity contribution is 7.17. The second kappa shape index (κ2) is 5.46. The topological polar surface area (TPSA) is 23.6 Å². The Morgan fingerprint density at radius 2 is 2.19 bits per heavy atom. The number of rotatable bonds is 5. The molecule has 3 nitrogen and oxygen atoms in total. The number of likely N-dealkylation sites (tertiary alicyclic amines) is 1. The molecule has 16 heavy (non-hydrogen) atoms. The summed E-state index contributed by atoms with van der Waals surface area (Å²) in [7, 11) is 2.09. The van der Waals surface area contributed by atoms with Crippen LogP contribution in [-0.2, 0) is 0 Å². The van der Waals surface area contributed by atoms with E-state index in [2.05, 4.69) is 16.8 Å². The summed E-state index contributed by atoms with van der Waals surface area (Å²) in [5, 5.41) is 1.18. The zero-order valence-electron chi connectivity index (χ0n) is 9.69. The highest BCUT2D eigenvalue weighted by Gasteiger charge is 2.12. The highest BCUT2D eigenvalue weighted by atomic mass is 32.1. The van der Waals surface area contributed by atoms with E-state index in [1.165, 1.54) is 30.9 Å². The van der Waals surface area contributed by atoms with Crippen molar-refractivity contribution in [2.24, 2.45) is 0 Å². The quantitative estimate of drug-likeness (QED) is 0.734. The lowest BCUT2D eigenvalue weighted by molar-refractivity contribution is 0.112. The lowest BCUT2D eigenvalue weighted by Gasteiger charge is -2.21. The molecule has 0 atom stereocenters. The molecule has 0 N–H and O–H groups in total. The maximum Gasteiger partial charge on any atom is 0.160 e. The molecule has 0 amide bonds. The summed E-state index contributed by atoms with van der Waals surface area (Å²) in [5.41, 5.74) is 0. The fourth-order valence-electron chi connectivity index (χ4n) is 2.02. The van der Waals surface area contributed by atoms with E-state index in [0.717, 1.165) is 24.3 Å². The number of hydrogen-bond acceptors (Lipinski definition) is 4. The number of hydrogen-bond donors (Lipinski definition) is 0. The van der Waals surface area contributed by atoms with Gasteiger partial charge >= 0.3 is 0 Å². The summed E-state index contributed by atoms with van der Waals surface area (Å²) < 4.78 is 0. The Hall–Kier alpha value is -0.870. The molecule has 0 bridgehead atoms. The van der Waals surface area contributed by atoms with Gasteiger partial charge in [-0.25, -0.2) is 0 Å². The van der Waals surface area contributed by atoms with E-state index in [-0.39, 0.29) is 0 Å². The molecule has 1 aliphatic rings. The van der Waals surface area contributed by atoms with E-state index in [4.69, 9.17) is 0 Å². The van der Waals surface area contributed by atoms with E-state index in [9.17, 15) is 4.79 Å². The summed E-state index contributed by atoms with van der Waals surface area (Å²) in [6.45, 7) is 4.67. The Kier molecular flexibility index (Phi) is 3.96. The van der Waals surface area contributed by atoms with Gasteiger partial charge in [0.05, 0.1) is 9.88 Å². The van der Waals surface area contributed by atoms with Gasteiger partial charge in [0, 0.05) is 20.1 Å². The summed E-state index contributed by atoms with van der Waals surface area (Å²) in [6, 6.07) is 3.91. The third-order valence-electron chi connectivity index (χ3n) is 3.06. The Morgan fingerprint density at radius 1 is 1.44 bits per heavy atom. The van der Waals surface area contributed by atoms with Crippen molar-refractivity contribution < 1.29 is 4.79 Å². The first kappa shape index (κ1) is 11.6. The average Bonchev–Trinajstić information content (AvgIpc) is 2.96. The third kappa shape index (κ3) is 2.83. The van der Waals surface area contributed by atoms with Crippen LogP contribution in [0.4, 0.5) is 5.00 Å². The van der Waals surface area contributed by atoms with Crippen molar-refractivity contribution >= 4 is 22.6 Å². The number of likely N-dealkylation sites (N-methyl/N-ethyl adjacent to an activating group) is 1. The average molecular weight is 238 g/mol. The monoisotopic (exact) mass is 238 g/mol. The first-order valence-electron chi connectivity index (χ1n) is 5.78. The molecule has 2 rings (SSSR count). The highest BCUT2D eigenvalue weighted by Crippen LogP contribution is 2.23. The molecular weight excluding hydrogens is 220 g/mol. The van der Waals surface area contributed by atoms with Crippen LogP contribution in [0, 0.1) is 0 Å². The first-order valence-corrected chi connectivity index (χ1v) is 6.60. The Bertz CT molecular complexity index is 345. The summed E-state index contributed by atoms with van der Waals surface area (Å²) >= 11 is 1.56. The molecule has 1 aliphatic heterocycles. The van der Waals surface area contributed by atoms with Gasteiger partial charge in [0.25, 0.3) is 0 Å². The van der Waals surface area contributed by atoms with Crippen molar-refractivity contribution in [1.29, 1.82) is 0 Å². The van der Waals surface area contributed by atoms with Gasteiger partial charge in [-0.15, -0.1) is 11.3 Å². The summed E-state index contributed by atoms with van der Waals surface area (Å²) in [4.78, 5) is 16.1. The standard InChI is InChI=1S/C12H18N2OS/c1-13(8-9-14-6-2-3-7-14)12-5-4-11(10-15)16-12/h4-5,10H,2-3,6-9H2,1H3. The lowest BCUT2D eigenvalue weighted by atomic mass is 10.4. The van der Waals surface area contributed by atoms with Crippen molar-refractivity contribution in [3.8, 4) is 0 Å². The van der Waals surface area contributed by atoms with Crippen molar-refractivity contribution in [3.05, 3.63) is 17.0 Å². The van der Waals surface area contributed by atoms with Crippen molar-refractivity contribution in [2.45, 2.75) is 12.8 Å². The molecule has 1 aromatic heterocycles. The molecular formula is C12H18N2OS. The predicted octanol–water partition coefficient (Wildman–Crippen LogP) is 2.09. The van der Waals surface area contributed by atoms with E-state index in [1.807, 2.05) is 12.1 Å². The van der Waals surface area contributed by atoms with Gasteiger partial charge < -0.3 is 9.80 Å². The fraction of sp³-hybridized carbons (Fsp3) is 0.583. The molecule has 0 saturated carbocycles. The summed E-state index contributed by atoms with van der Waals surface area (Å²) in [6.07, 6.45) is 3.61. The molecule has 4 heteroatoms. The lowest BCUT2D eigenvalue weighted by Crippen LogP contribution is -2.30. The van der Waals surface area contributed by atoms with E-state index < -0.39 is 0 Å². The number of anilines is 1. The van der Waals surface area contributed by atoms with E-state index in [1.54, 1.807) is 11.3 Å². The van der Waals surface area contributed by atoms with Crippen LogP contribution in [0.15, 0.2) is 12.1 Å². The molecule has 0 unspecified atom stereocenters. The van der Waals surface area contributed by atoms with Crippen LogP contribution in [0.1, 0.15) is 22.5 Å². The molecule has 0 spiro atoms. The van der Waals surface area contributed by atoms with E-state index in [0.29, 0.717) is 0 Å². The van der Waals surface area contributed by atoms with Crippen molar-refractivity contribution in [3.63, 3.8) is 0 Å². The molecule has 88 valence electrons. The van der Waals surface area contributed by atoms with Crippen molar-refractivity contribution in [2.75, 3.05) is 38.1 Å². The van der Waals surface area contributed by atoms with Gasteiger partial charge in [-0.3, -0.25) is 4.79 Å². The van der Waals surface area contributed by atoms with Gasteiger partial charge in [0.2, 0.25) is 0 Å². The maximum atomic E-state index is 10.6. The van der Waals surface area contributed by atoms with Gasteiger partial charge in [-0.2, -0.15) is 0 Å². The first-order chi connectivity index (χ1) is 7.79. The number of carbonyl (C=O) groups excluding carboxylic acids is 1. The maximum absolute atomic E-state index is 10.6. The normalized spacial score (nSPS) is 16.6. The fourth-order valence-corrected chi connectivity index (χ4v) is 2.83. The van der Waals surface area contributed by atoms with Crippen LogP contribution in [0.2, 0.25) is 0 Å². The van der Waals surface area contributed by atoms with Crippen LogP contribution >= 0.6 is 11.3 Å². The Morgan fingerprint density at radius 3 is 2.81 bits per heavy atom. The van der Waals surface area contributed by atoms with Crippen LogP contribution < -0.4 is 4.90 Å². The number of thiophene rings is 1. The number of carbonyl (C=O) groups is 1. The number of nitrogens with zero attached hydrogens (tertiary/aromatic N) is 2. The van der Waals surface area contributed by atoms with Crippen LogP contribution in [0.25, 0.3) is 0 Å². The van der Waals surface area contributed by atoms with Crippen molar-refractivity contribution in [1.82, 2.24) is 4.90 Å². The minimum absolute atomic E-state index is 0.808. The second-order valence-corrected chi connectivity index (χ2v) is 5.36. The predicted molar refractivity (Wildman–Crippen MR) is 68.7 cm³/mol. The number of aldehydes is 1. The Labute approximate surface area is 101 Å². The molecule has 0 aliphatic carbocycles. The summed E-state index contributed by atoms with van der Waals surface area (Å²) in [5.74, 6) is 0. The molecule has 1 fully saturated rings. The van der Waals surface area contributed by atoms with Crippen LogP contribution in [0.5, 0.6) is 0 Å². The molecule has 0 aromatic carbocycles. The Balaban J connectivity index is 1.82. The van der Waals surface area contributed by atoms with Crippen LogP contribution in [0.3, 0.4) is 0 Å². The third-order valence-corrected chi connectivity index (χ3v) is 4.18. The molecule has 1 saturated heterocycles. The smallest absolute Gasteiger partial charge is 0.160 e. The van der Waals surface area contributed by atoms with Gasteiger partial charge in [-0.05, 0) is 38.1 Å². The molecule has 2 heterocycles. The largest absolute Gasteiger partial charge is 0.365 e.